The second-order valence-corrected chi connectivity index (χ2v) is 5.74. The predicted molar refractivity (Wildman–Crippen MR) is 77.7 cm³/mol. The van der Waals surface area contributed by atoms with Gasteiger partial charge in [0.25, 0.3) is 0 Å². The molecule has 0 spiro atoms. The third-order valence-electron chi connectivity index (χ3n) is 2.48. The molecule has 0 saturated carbocycles. The summed E-state index contributed by atoms with van der Waals surface area (Å²) in [5, 5.41) is 2.71. The molecule has 0 saturated heterocycles. The predicted octanol–water partition coefficient (Wildman–Crippen LogP) is 3.87. The molecule has 19 heavy (non-hydrogen) atoms. The van der Waals surface area contributed by atoms with Gasteiger partial charge in [-0.05, 0) is 24.1 Å². The lowest BCUT2D eigenvalue weighted by atomic mass is 10.2. The normalized spacial score (nSPS) is 10.2. The first-order chi connectivity index (χ1) is 9.24. The van der Waals surface area contributed by atoms with Crippen LogP contribution in [-0.2, 0) is 17.8 Å². The molecule has 1 aromatic heterocycles. The van der Waals surface area contributed by atoms with E-state index in [0.29, 0.717) is 6.54 Å². The summed E-state index contributed by atoms with van der Waals surface area (Å²) in [4.78, 5) is 12.6. The molecule has 5 heteroatoms. The molecule has 0 unspecified atom stereocenters. The Morgan fingerprint density at radius 1 is 1.21 bits per heavy atom. The van der Waals surface area contributed by atoms with E-state index in [0.717, 1.165) is 21.2 Å². The van der Waals surface area contributed by atoms with Crippen LogP contribution in [0.5, 0.6) is 0 Å². The van der Waals surface area contributed by atoms with Crippen molar-refractivity contribution in [1.82, 2.24) is 5.32 Å². The van der Waals surface area contributed by atoms with Crippen LogP contribution in [0.25, 0.3) is 0 Å². The van der Waals surface area contributed by atoms with Gasteiger partial charge in [0.05, 0.1) is 4.34 Å². The third-order valence-corrected chi connectivity index (χ3v) is 3.77. The molecule has 2 rings (SSSR count). The Morgan fingerprint density at radius 3 is 2.68 bits per heavy atom. The van der Waals surface area contributed by atoms with Crippen molar-refractivity contribution in [3.05, 3.63) is 57.2 Å². The molecular weight excluding hydrogens is 282 g/mol. The number of hydrogen-bond donors (Lipinski definition) is 1. The zero-order valence-corrected chi connectivity index (χ0v) is 11.8. The van der Waals surface area contributed by atoms with Gasteiger partial charge in [0, 0.05) is 11.4 Å². The van der Waals surface area contributed by atoms with Gasteiger partial charge in [0.2, 0.25) is 0 Å². The summed E-state index contributed by atoms with van der Waals surface area (Å²) in [6.45, 7) is 0.835. The molecule has 0 aliphatic rings. The smallest absolute Gasteiger partial charge is 0.407 e. The fourth-order valence-corrected chi connectivity index (χ4v) is 2.64. The topological polar surface area (TPSA) is 38.3 Å². The first-order valence-corrected chi connectivity index (χ1v) is 7.12. The number of hydrogen-bond acceptors (Lipinski definition) is 3. The lowest BCUT2D eigenvalue weighted by Gasteiger charge is -2.06. The standard InChI is InChI=1S/C14H14ClNO2S/c15-13-7-6-12(19-13)8-9-16-14(17)18-10-11-4-2-1-3-5-11/h1-7H,8-10H2,(H,16,17). The maximum Gasteiger partial charge on any atom is 0.407 e. The van der Waals surface area contributed by atoms with E-state index in [2.05, 4.69) is 5.32 Å². The van der Waals surface area contributed by atoms with Crippen molar-refractivity contribution >= 4 is 29.0 Å². The summed E-state index contributed by atoms with van der Waals surface area (Å²) in [5.41, 5.74) is 0.975. The van der Waals surface area contributed by atoms with Gasteiger partial charge in [0.15, 0.2) is 0 Å². The van der Waals surface area contributed by atoms with E-state index in [1.807, 2.05) is 42.5 Å². The fraction of sp³-hybridized carbons (Fsp3) is 0.214. The number of benzene rings is 1. The number of halogens is 1. The minimum absolute atomic E-state index is 0.289. The molecule has 3 nitrogen and oxygen atoms in total. The number of rotatable bonds is 5. The Labute approximate surface area is 121 Å². The van der Waals surface area contributed by atoms with E-state index in [1.54, 1.807) is 0 Å². The Morgan fingerprint density at radius 2 is 2.00 bits per heavy atom. The fourth-order valence-electron chi connectivity index (χ4n) is 1.55. The lowest BCUT2D eigenvalue weighted by molar-refractivity contribution is 0.140. The number of carbonyl (C=O) groups excluding carboxylic acids is 1. The van der Waals surface area contributed by atoms with Crippen molar-refractivity contribution < 1.29 is 9.53 Å². The van der Waals surface area contributed by atoms with Gasteiger partial charge in [-0.25, -0.2) is 4.79 Å². The van der Waals surface area contributed by atoms with Crippen molar-refractivity contribution in [2.45, 2.75) is 13.0 Å². The summed E-state index contributed by atoms with van der Waals surface area (Å²) in [6.07, 6.45) is 0.365. The van der Waals surface area contributed by atoms with E-state index in [-0.39, 0.29) is 6.61 Å². The molecule has 100 valence electrons. The van der Waals surface area contributed by atoms with E-state index in [9.17, 15) is 4.79 Å². The zero-order chi connectivity index (χ0) is 13.5. The molecule has 0 aliphatic heterocycles. The van der Waals surface area contributed by atoms with Crippen LogP contribution in [0, 0.1) is 0 Å². The zero-order valence-electron chi connectivity index (χ0n) is 10.3. The number of alkyl carbamates (subject to hydrolysis) is 1. The van der Waals surface area contributed by atoms with Crippen LogP contribution in [0.15, 0.2) is 42.5 Å². The second-order valence-electron chi connectivity index (χ2n) is 3.94. The largest absolute Gasteiger partial charge is 0.445 e. The minimum atomic E-state index is -0.397. The summed E-state index contributed by atoms with van der Waals surface area (Å²) in [6, 6.07) is 13.4. The number of ether oxygens (including phenoxy) is 1. The average Bonchev–Trinajstić information content (AvgIpc) is 2.83. The highest BCUT2D eigenvalue weighted by atomic mass is 35.5. The molecule has 1 N–H and O–H groups in total. The van der Waals surface area contributed by atoms with Crippen LogP contribution in [0.4, 0.5) is 4.79 Å². The van der Waals surface area contributed by atoms with Gasteiger partial charge in [-0.3, -0.25) is 0 Å². The van der Waals surface area contributed by atoms with E-state index in [4.69, 9.17) is 16.3 Å². The van der Waals surface area contributed by atoms with E-state index < -0.39 is 6.09 Å². The summed E-state index contributed by atoms with van der Waals surface area (Å²) in [5.74, 6) is 0. The number of thiophene rings is 1. The first-order valence-electron chi connectivity index (χ1n) is 5.93. The molecule has 0 radical (unpaired) electrons. The third kappa shape index (κ3) is 4.93. The quantitative estimate of drug-likeness (QED) is 0.909. The maximum absolute atomic E-state index is 11.5. The average molecular weight is 296 g/mol. The van der Waals surface area contributed by atoms with Crippen LogP contribution in [0.2, 0.25) is 4.34 Å². The highest BCUT2D eigenvalue weighted by molar-refractivity contribution is 7.16. The van der Waals surface area contributed by atoms with Crippen LogP contribution in [0.1, 0.15) is 10.4 Å². The molecule has 1 aromatic carbocycles. The number of amides is 1. The Bertz CT molecular complexity index is 527. The van der Waals surface area contributed by atoms with Crippen molar-refractivity contribution in [3.63, 3.8) is 0 Å². The number of carbonyl (C=O) groups is 1. The second kappa shape index (κ2) is 7.16. The Balaban J connectivity index is 1.65. The molecule has 1 amide bonds. The Hall–Kier alpha value is -1.52. The van der Waals surface area contributed by atoms with Crippen molar-refractivity contribution in [3.8, 4) is 0 Å². The molecule has 0 fully saturated rings. The van der Waals surface area contributed by atoms with Gasteiger partial charge in [0.1, 0.15) is 6.61 Å². The monoisotopic (exact) mass is 295 g/mol. The first kappa shape index (κ1) is 13.9. The Kier molecular flexibility index (Phi) is 5.24. The molecule has 0 atom stereocenters. The minimum Gasteiger partial charge on any atom is -0.445 e. The van der Waals surface area contributed by atoms with Gasteiger partial charge < -0.3 is 10.1 Å². The van der Waals surface area contributed by atoms with Gasteiger partial charge in [-0.15, -0.1) is 11.3 Å². The van der Waals surface area contributed by atoms with Crippen LogP contribution >= 0.6 is 22.9 Å². The van der Waals surface area contributed by atoms with Crippen LogP contribution in [0.3, 0.4) is 0 Å². The SMILES string of the molecule is O=C(NCCc1ccc(Cl)s1)OCc1ccccc1. The van der Waals surface area contributed by atoms with E-state index in [1.165, 1.54) is 11.3 Å². The number of nitrogens with one attached hydrogen (secondary N) is 1. The van der Waals surface area contributed by atoms with Crippen LogP contribution in [-0.4, -0.2) is 12.6 Å². The summed E-state index contributed by atoms with van der Waals surface area (Å²) < 4.78 is 5.86. The van der Waals surface area contributed by atoms with Gasteiger partial charge in [-0.1, -0.05) is 41.9 Å². The van der Waals surface area contributed by atoms with Gasteiger partial charge >= 0.3 is 6.09 Å². The molecule has 1 heterocycles. The van der Waals surface area contributed by atoms with Crippen molar-refractivity contribution in [2.75, 3.05) is 6.54 Å². The van der Waals surface area contributed by atoms with Gasteiger partial charge in [-0.2, -0.15) is 0 Å². The molecule has 0 aliphatic carbocycles. The highest BCUT2D eigenvalue weighted by Crippen LogP contribution is 2.21. The maximum atomic E-state index is 11.5. The summed E-state index contributed by atoms with van der Waals surface area (Å²) >= 11 is 7.35. The van der Waals surface area contributed by atoms with Crippen LogP contribution < -0.4 is 5.32 Å². The van der Waals surface area contributed by atoms with Crippen molar-refractivity contribution in [1.29, 1.82) is 0 Å². The molecule has 0 bridgehead atoms. The lowest BCUT2D eigenvalue weighted by Crippen LogP contribution is -2.26. The summed E-state index contributed by atoms with van der Waals surface area (Å²) in [7, 11) is 0. The van der Waals surface area contributed by atoms with E-state index >= 15 is 0 Å². The highest BCUT2D eigenvalue weighted by Gasteiger charge is 2.03. The van der Waals surface area contributed by atoms with Crippen molar-refractivity contribution in [2.24, 2.45) is 0 Å². The molecular formula is C14H14ClNO2S. The molecule has 2 aromatic rings.